The number of nitrogen functional groups attached to an aromatic ring is 1. The number of aryl methyl sites for hydroxylation is 1. The number of benzene rings is 4. The lowest BCUT2D eigenvalue weighted by atomic mass is 9.64. The van der Waals surface area contributed by atoms with Gasteiger partial charge < -0.3 is 50.8 Å². The molecule has 5 aromatic rings. The summed E-state index contributed by atoms with van der Waals surface area (Å²) in [6.07, 6.45) is 8.31. The number of anilines is 2. The number of carbonyl (C=O) groups excluding carboxylic acids is 1. The molecule has 4 aromatic carbocycles. The number of carbonyl (C=O) groups is 1. The summed E-state index contributed by atoms with van der Waals surface area (Å²) < 4.78 is 26.4. The van der Waals surface area contributed by atoms with Gasteiger partial charge in [-0.15, -0.1) is 0 Å². The van der Waals surface area contributed by atoms with Crippen LogP contribution in [0.15, 0.2) is 72.8 Å². The molecule has 4 heterocycles. The van der Waals surface area contributed by atoms with Gasteiger partial charge in [-0.05, 0) is 129 Å². The molecule has 1 fully saturated rings. The molecule has 5 aliphatic rings. The van der Waals surface area contributed by atoms with Gasteiger partial charge >= 0.3 is 5.97 Å². The summed E-state index contributed by atoms with van der Waals surface area (Å²) in [4.78, 5) is 17.7. The second kappa shape index (κ2) is 18.4. The number of likely N-dealkylation sites (N-methyl/N-ethyl adjacent to an activating group) is 2. The van der Waals surface area contributed by atoms with Crippen LogP contribution in [0.3, 0.4) is 0 Å². The molecular weight excluding hydrogens is 855 g/mol. The number of rotatable bonds is 11. The lowest BCUT2D eigenvalue weighted by molar-refractivity contribution is -0.141. The molecule has 68 heavy (non-hydrogen) atoms. The van der Waals surface area contributed by atoms with Crippen molar-refractivity contribution in [2.75, 3.05) is 52.0 Å². The predicted octanol–water partition coefficient (Wildman–Crippen LogP) is 8.46. The summed E-state index contributed by atoms with van der Waals surface area (Å²) >= 11 is 0. The number of nitrogens with zero attached hydrogens (tertiary/aromatic N) is 1. The fourth-order valence-corrected chi connectivity index (χ4v) is 12.3. The number of hydrogen-bond acceptors (Lipinski definition) is 12. The SMILES string of the molecule is CCNc1ccccc1CC[C@H]1c2ccc(N)nc2C#CCc2cc(O)c3c(c2[C@H]2Oc4c(ccc5c4[C@@]4(CC[C@@H]1C4)Cc1cc(O)cc(OC)c1-5)[C@@H]2COC(C)=O)C=C[C@@H](NC)[C@@H](CNC)O3. The third-order valence-electron chi connectivity index (χ3n) is 15.1. The van der Waals surface area contributed by atoms with Crippen molar-refractivity contribution in [1.82, 2.24) is 15.6 Å². The number of methoxy groups -OCH3 is 1. The topological polar surface area (TPSA) is 169 Å². The van der Waals surface area contributed by atoms with Gasteiger partial charge in [0.25, 0.3) is 0 Å². The monoisotopic (exact) mass is 915 g/mol. The van der Waals surface area contributed by atoms with E-state index >= 15 is 0 Å². The fraction of sp³-hybridized carbons (Fsp3) is 0.393. The Morgan fingerprint density at radius 2 is 1.85 bits per heavy atom. The Bertz CT molecular complexity index is 2880. The normalized spacial score (nSPS) is 23.7. The average molecular weight is 916 g/mol. The Balaban J connectivity index is 1.23. The molecule has 7 N–H and O–H groups in total. The molecule has 1 aromatic heterocycles. The van der Waals surface area contributed by atoms with Crippen LogP contribution in [0.1, 0.15) is 108 Å². The van der Waals surface area contributed by atoms with Gasteiger partial charge in [0.05, 0.1) is 19.1 Å². The maximum atomic E-state index is 12.7. The quantitative estimate of drug-likeness (QED) is 0.0553. The number of aromatic nitrogens is 1. The van der Waals surface area contributed by atoms with E-state index < -0.39 is 17.4 Å². The molecule has 0 unspecified atom stereocenters. The van der Waals surface area contributed by atoms with E-state index in [1.54, 1.807) is 19.2 Å². The van der Waals surface area contributed by atoms with E-state index in [-0.39, 0.29) is 54.5 Å². The minimum Gasteiger partial charge on any atom is -0.508 e. The average Bonchev–Trinajstić information content (AvgIpc) is 3.84. The molecule has 10 rings (SSSR count). The first-order chi connectivity index (χ1) is 33.0. The van der Waals surface area contributed by atoms with Crippen LogP contribution in [-0.4, -0.2) is 74.2 Å². The lowest BCUT2D eigenvalue weighted by Gasteiger charge is -2.40. The van der Waals surface area contributed by atoms with Gasteiger partial charge in [0.15, 0.2) is 11.5 Å². The van der Waals surface area contributed by atoms with E-state index in [1.165, 1.54) is 12.5 Å². The molecule has 352 valence electrons. The maximum Gasteiger partial charge on any atom is 0.302 e. The highest BCUT2D eigenvalue weighted by molar-refractivity contribution is 5.85. The number of phenols is 2. The molecule has 1 saturated carbocycles. The van der Waals surface area contributed by atoms with Gasteiger partial charge in [0.1, 0.15) is 47.6 Å². The Morgan fingerprint density at radius 1 is 1.01 bits per heavy atom. The van der Waals surface area contributed by atoms with Gasteiger partial charge in [0.2, 0.25) is 0 Å². The molecule has 4 bridgehead atoms. The van der Waals surface area contributed by atoms with Crippen LogP contribution in [0.4, 0.5) is 11.5 Å². The summed E-state index contributed by atoms with van der Waals surface area (Å²) in [7, 11) is 5.42. The van der Waals surface area contributed by atoms with Gasteiger partial charge in [-0.1, -0.05) is 54.5 Å². The summed E-state index contributed by atoms with van der Waals surface area (Å²) in [5.74, 6) is 8.76. The zero-order valence-electron chi connectivity index (χ0n) is 39.5. The number of fused-ring (bicyclic) bond motifs is 9. The smallest absolute Gasteiger partial charge is 0.302 e. The summed E-state index contributed by atoms with van der Waals surface area (Å²) in [6.45, 7) is 4.96. The highest BCUT2D eigenvalue weighted by Gasteiger charge is 2.52. The van der Waals surface area contributed by atoms with Crippen LogP contribution >= 0.6 is 0 Å². The predicted molar refractivity (Wildman–Crippen MR) is 265 cm³/mol. The van der Waals surface area contributed by atoms with E-state index in [4.69, 9.17) is 29.7 Å². The molecular formula is C56H61N5O7. The number of nitrogens with one attached hydrogen (secondary N) is 3. The number of ether oxygens (including phenoxy) is 4. The Morgan fingerprint density at radius 3 is 2.65 bits per heavy atom. The van der Waals surface area contributed by atoms with Gasteiger partial charge in [-0.25, -0.2) is 4.98 Å². The van der Waals surface area contributed by atoms with Crippen molar-refractivity contribution >= 4 is 23.6 Å². The number of phenolic OH excluding ortho intramolecular Hbond substituents is 2. The molecule has 0 saturated heterocycles. The summed E-state index contributed by atoms with van der Waals surface area (Å²) in [5, 5.41) is 33.4. The van der Waals surface area contributed by atoms with Crippen molar-refractivity contribution in [3.05, 3.63) is 123 Å². The van der Waals surface area contributed by atoms with Crippen LogP contribution in [0.25, 0.3) is 17.2 Å². The minimum atomic E-state index is -0.669. The minimum absolute atomic E-state index is 0.00528. The fourth-order valence-electron chi connectivity index (χ4n) is 12.3. The summed E-state index contributed by atoms with van der Waals surface area (Å²) in [5.41, 5.74) is 17.5. The number of pyridine rings is 1. The Hall–Kier alpha value is -6.68. The van der Waals surface area contributed by atoms with E-state index in [1.807, 2.05) is 32.3 Å². The molecule has 0 amide bonds. The van der Waals surface area contributed by atoms with E-state index in [0.717, 1.165) is 94.6 Å². The van der Waals surface area contributed by atoms with E-state index in [0.29, 0.717) is 41.5 Å². The van der Waals surface area contributed by atoms with Crippen molar-refractivity contribution < 1.29 is 34.0 Å². The van der Waals surface area contributed by atoms with Gasteiger partial charge in [0, 0.05) is 71.4 Å². The van der Waals surface area contributed by atoms with Crippen molar-refractivity contribution in [3.63, 3.8) is 0 Å². The third kappa shape index (κ3) is 7.95. The number of nitrogens with two attached hydrogens (primary N) is 1. The third-order valence-corrected chi connectivity index (χ3v) is 15.1. The number of hydrogen-bond donors (Lipinski definition) is 6. The first-order valence-corrected chi connectivity index (χ1v) is 24.0. The van der Waals surface area contributed by atoms with Crippen molar-refractivity contribution in [3.8, 4) is 51.7 Å². The second-order valence-electron chi connectivity index (χ2n) is 19.1. The Labute approximate surface area is 398 Å². The molecule has 1 spiro atoms. The van der Waals surface area contributed by atoms with Crippen LogP contribution in [-0.2, 0) is 34.2 Å². The van der Waals surface area contributed by atoms with E-state index in [2.05, 4.69) is 83.3 Å². The maximum absolute atomic E-state index is 12.7. The van der Waals surface area contributed by atoms with Crippen LogP contribution < -0.4 is 35.9 Å². The number of para-hydroxylation sites is 1. The van der Waals surface area contributed by atoms with Crippen LogP contribution in [0.5, 0.6) is 28.7 Å². The molecule has 12 heteroatoms. The van der Waals surface area contributed by atoms with Crippen LogP contribution in [0, 0.1) is 17.8 Å². The standard InChI is InChI=1S/C56H61N5O7/c1-6-60-43-12-8-7-10-32(43)14-15-37-34-22-23-56(27-34)28-35-24-36(63)26-47(65-5)50(35)40-17-16-39-42(30-66-31(2)62)54(68-55(39)52(40)56)51-33(11-9-13-44-38(37)19-21-49(57)61-44)25-46(64)53-41(51)18-20-45(59-4)48(67-53)29-58-3/h7-8,10,12,16-21,24-26,34,37,42,45,48,54,58-60,63-64H,6,11,14-15,22-23,27-30H2,1-5H3,(H2,57,61)/t34-,37-,42+,45-,48-,54+,56-/m1/s1. The second-order valence-corrected chi connectivity index (χ2v) is 19.1. The number of aromatic hydroxyl groups is 2. The molecule has 12 nitrogen and oxygen atoms in total. The highest BCUT2D eigenvalue weighted by Crippen LogP contribution is 2.64. The van der Waals surface area contributed by atoms with Crippen molar-refractivity contribution in [1.29, 1.82) is 0 Å². The zero-order chi connectivity index (χ0) is 47.3. The molecule has 2 aliphatic carbocycles. The van der Waals surface area contributed by atoms with Crippen molar-refractivity contribution in [2.24, 2.45) is 5.92 Å². The molecule has 7 atom stereocenters. The van der Waals surface area contributed by atoms with Gasteiger partial charge in [-0.3, -0.25) is 4.79 Å². The summed E-state index contributed by atoms with van der Waals surface area (Å²) in [6, 6.07) is 22.1. The first kappa shape index (κ1) is 45.1. The van der Waals surface area contributed by atoms with Gasteiger partial charge in [-0.2, -0.15) is 0 Å². The molecule has 0 radical (unpaired) electrons. The molecule has 3 aliphatic heterocycles. The van der Waals surface area contributed by atoms with Crippen LogP contribution in [0.2, 0.25) is 0 Å². The van der Waals surface area contributed by atoms with E-state index in [9.17, 15) is 15.0 Å². The Kier molecular flexibility index (Phi) is 12.2. The zero-order valence-corrected chi connectivity index (χ0v) is 39.5. The van der Waals surface area contributed by atoms with Crippen molar-refractivity contribution in [2.45, 2.75) is 94.3 Å². The number of esters is 1. The largest absolute Gasteiger partial charge is 0.508 e. The first-order valence-electron chi connectivity index (χ1n) is 24.0. The highest BCUT2D eigenvalue weighted by atomic mass is 16.5. The lowest BCUT2D eigenvalue weighted by Crippen LogP contribution is -2.44.